The van der Waals surface area contributed by atoms with Crippen molar-refractivity contribution in [1.82, 2.24) is 5.32 Å². The number of nitrogens with one attached hydrogen (secondary N) is 1. The molecule has 0 aromatic rings. The molecule has 2 unspecified atom stereocenters. The second kappa shape index (κ2) is 4.00. The maximum atomic E-state index is 3.54. The monoisotopic (exact) mass is 181 g/mol. The molecule has 1 heteroatoms. The van der Waals surface area contributed by atoms with Crippen LogP contribution < -0.4 is 5.32 Å². The van der Waals surface area contributed by atoms with Gasteiger partial charge in [0.1, 0.15) is 0 Å². The molecule has 2 rings (SSSR count). The summed E-state index contributed by atoms with van der Waals surface area (Å²) in [6.45, 7) is 4.94. The maximum absolute atomic E-state index is 3.54. The molecule has 1 heterocycles. The van der Waals surface area contributed by atoms with Crippen molar-refractivity contribution in [3.63, 3.8) is 0 Å². The first kappa shape index (κ1) is 9.51. The van der Waals surface area contributed by atoms with Crippen molar-refractivity contribution >= 4 is 0 Å². The molecule has 1 saturated carbocycles. The largest absolute Gasteiger partial charge is 0.316 e. The van der Waals surface area contributed by atoms with E-state index in [0.29, 0.717) is 0 Å². The lowest BCUT2D eigenvalue weighted by Gasteiger charge is -2.26. The minimum atomic E-state index is 0.726. The molecule has 76 valence electrons. The van der Waals surface area contributed by atoms with E-state index in [2.05, 4.69) is 12.2 Å². The number of rotatable bonds is 1. The molecule has 0 amide bonds. The summed E-state index contributed by atoms with van der Waals surface area (Å²) in [7, 11) is 0. The Balaban J connectivity index is 1.93. The molecule has 2 fully saturated rings. The van der Waals surface area contributed by atoms with E-state index in [9.17, 15) is 0 Å². The highest BCUT2D eigenvalue weighted by Crippen LogP contribution is 2.41. The predicted octanol–water partition coefficient (Wildman–Crippen LogP) is 2.96. The fourth-order valence-corrected chi connectivity index (χ4v) is 3.18. The van der Waals surface area contributed by atoms with E-state index in [1.54, 1.807) is 0 Å². The fraction of sp³-hybridized carbons (Fsp3) is 1.00. The summed E-state index contributed by atoms with van der Waals surface area (Å²) in [5, 5.41) is 3.54. The Bertz CT molecular complexity index is 159. The van der Waals surface area contributed by atoms with Crippen LogP contribution in [-0.2, 0) is 0 Å². The first-order valence-corrected chi connectivity index (χ1v) is 6.05. The van der Waals surface area contributed by atoms with Crippen LogP contribution in [0.4, 0.5) is 0 Å². The molecule has 0 radical (unpaired) electrons. The Morgan fingerprint density at radius 2 is 2.15 bits per heavy atom. The van der Waals surface area contributed by atoms with Gasteiger partial charge in [0.25, 0.3) is 0 Å². The highest BCUT2D eigenvalue weighted by molar-refractivity contribution is 4.90. The van der Waals surface area contributed by atoms with E-state index in [0.717, 1.165) is 11.3 Å². The summed E-state index contributed by atoms with van der Waals surface area (Å²) in [6.07, 6.45) is 10.3. The summed E-state index contributed by atoms with van der Waals surface area (Å²) in [5.74, 6) is 1.04. The molecule has 0 aromatic heterocycles. The molecule has 0 aromatic carbocycles. The van der Waals surface area contributed by atoms with E-state index in [4.69, 9.17) is 0 Å². The molecule has 0 bridgehead atoms. The zero-order chi connectivity index (χ0) is 9.15. The van der Waals surface area contributed by atoms with Crippen molar-refractivity contribution in [2.75, 3.05) is 13.1 Å². The molecule has 2 atom stereocenters. The zero-order valence-corrected chi connectivity index (χ0v) is 8.94. The molecular weight excluding hydrogens is 158 g/mol. The van der Waals surface area contributed by atoms with Crippen LogP contribution in [0.3, 0.4) is 0 Å². The Morgan fingerprint density at radius 3 is 2.85 bits per heavy atom. The normalized spacial score (nSPS) is 40.8. The fourth-order valence-electron chi connectivity index (χ4n) is 3.18. The van der Waals surface area contributed by atoms with E-state index in [1.807, 2.05) is 0 Å². The van der Waals surface area contributed by atoms with Gasteiger partial charge in [0, 0.05) is 6.54 Å². The van der Waals surface area contributed by atoms with Crippen molar-refractivity contribution in [3.05, 3.63) is 0 Å². The Kier molecular flexibility index (Phi) is 2.92. The number of hydrogen-bond acceptors (Lipinski definition) is 1. The quantitative estimate of drug-likeness (QED) is 0.656. The first-order chi connectivity index (χ1) is 6.35. The van der Waals surface area contributed by atoms with Gasteiger partial charge in [-0.05, 0) is 43.6 Å². The van der Waals surface area contributed by atoms with Gasteiger partial charge >= 0.3 is 0 Å². The SMILES string of the molecule is CCC1CCCC2(CCNC2)CC1. The van der Waals surface area contributed by atoms with Gasteiger partial charge in [-0.15, -0.1) is 0 Å². The lowest BCUT2D eigenvalue weighted by molar-refractivity contribution is 0.271. The highest BCUT2D eigenvalue weighted by atomic mass is 14.9. The lowest BCUT2D eigenvalue weighted by Crippen LogP contribution is -2.23. The van der Waals surface area contributed by atoms with E-state index < -0.39 is 0 Å². The molecule has 2 aliphatic rings. The smallest absolute Gasteiger partial charge is 0.000829 e. The summed E-state index contributed by atoms with van der Waals surface area (Å²) in [5.41, 5.74) is 0.726. The van der Waals surface area contributed by atoms with Crippen LogP contribution >= 0.6 is 0 Å². The molecule has 1 aliphatic carbocycles. The van der Waals surface area contributed by atoms with Crippen LogP contribution in [-0.4, -0.2) is 13.1 Å². The topological polar surface area (TPSA) is 12.0 Å². The van der Waals surface area contributed by atoms with Gasteiger partial charge in [-0.25, -0.2) is 0 Å². The van der Waals surface area contributed by atoms with Crippen LogP contribution in [0, 0.1) is 11.3 Å². The standard InChI is InChI=1S/C12H23N/c1-2-11-4-3-6-12(7-5-11)8-9-13-10-12/h11,13H,2-10H2,1H3. The molecule has 1 N–H and O–H groups in total. The Morgan fingerprint density at radius 1 is 1.23 bits per heavy atom. The van der Waals surface area contributed by atoms with Gasteiger partial charge in [0.05, 0.1) is 0 Å². The molecule has 1 aliphatic heterocycles. The minimum Gasteiger partial charge on any atom is -0.316 e. The van der Waals surface area contributed by atoms with Crippen molar-refractivity contribution in [2.24, 2.45) is 11.3 Å². The highest BCUT2D eigenvalue weighted by Gasteiger charge is 2.35. The molecular formula is C12H23N. The van der Waals surface area contributed by atoms with Crippen LogP contribution in [0.25, 0.3) is 0 Å². The van der Waals surface area contributed by atoms with E-state index >= 15 is 0 Å². The van der Waals surface area contributed by atoms with Crippen molar-refractivity contribution in [2.45, 2.75) is 51.9 Å². The van der Waals surface area contributed by atoms with Gasteiger partial charge in [-0.2, -0.15) is 0 Å². The van der Waals surface area contributed by atoms with E-state index in [-0.39, 0.29) is 0 Å². The predicted molar refractivity (Wildman–Crippen MR) is 56.8 cm³/mol. The third kappa shape index (κ3) is 2.07. The van der Waals surface area contributed by atoms with Gasteiger partial charge < -0.3 is 5.32 Å². The average molecular weight is 181 g/mol. The van der Waals surface area contributed by atoms with Crippen LogP contribution in [0.5, 0.6) is 0 Å². The third-order valence-electron chi connectivity index (χ3n) is 4.31. The average Bonchev–Trinajstić information content (AvgIpc) is 2.49. The molecule has 1 spiro atoms. The van der Waals surface area contributed by atoms with Gasteiger partial charge in [-0.1, -0.05) is 26.2 Å². The first-order valence-electron chi connectivity index (χ1n) is 6.05. The summed E-state index contributed by atoms with van der Waals surface area (Å²) < 4.78 is 0. The summed E-state index contributed by atoms with van der Waals surface area (Å²) >= 11 is 0. The van der Waals surface area contributed by atoms with E-state index in [1.165, 1.54) is 58.0 Å². The van der Waals surface area contributed by atoms with Crippen LogP contribution in [0.15, 0.2) is 0 Å². The van der Waals surface area contributed by atoms with Crippen molar-refractivity contribution in [3.8, 4) is 0 Å². The number of hydrogen-bond donors (Lipinski definition) is 1. The Hall–Kier alpha value is -0.0400. The minimum absolute atomic E-state index is 0.726. The zero-order valence-electron chi connectivity index (χ0n) is 8.94. The van der Waals surface area contributed by atoms with Crippen molar-refractivity contribution in [1.29, 1.82) is 0 Å². The maximum Gasteiger partial charge on any atom is 0.000829 e. The van der Waals surface area contributed by atoms with Crippen LogP contribution in [0.1, 0.15) is 51.9 Å². The third-order valence-corrected chi connectivity index (χ3v) is 4.31. The van der Waals surface area contributed by atoms with Gasteiger partial charge in [-0.3, -0.25) is 0 Å². The van der Waals surface area contributed by atoms with Gasteiger partial charge in [0.15, 0.2) is 0 Å². The Labute approximate surface area is 82.3 Å². The van der Waals surface area contributed by atoms with Crippen molar-refractivity contribution < 1.29 is 0 Å². The second-order valence-corrected chi connectivity index (χ2v) is 5.13. The molecule has 1 nitrogen and oxygen atoms in total. The van der Waals surface area contributed by atoms with Gasteiger partial charge in [0.2, 0.25) is 0 Å². The molecule has 13 heavy (non-hydrogen) atoms. The van der Waals surface area contributed by atoms with Crippen LogP contribution in [0.2, 0.25) is 0 Å². The lowest BCUT2D eigenvalue weighted by atomic mass is 9.79. The summed E-state index contributed by atoms with van der Waals surface area (Å²) in [6, 6.07) is 0. The summed E-state index contributed by atoms with van der Waals surface area (Å²) in [4.78, 5) is 0. The second-order valence-electron chi connectivity index (χ2n) is 5.13. The molecule has 1 saturated heterocycles.